The smallest absolute Gasteiger partial charge is 0.0190 e. The highest BCUT2D eigenvalue weighted by molar-refractivity contribution is 8.02. The Morgan fingerprint density at radius 3 is 2.54 bits per heavy atom. The lowest BCUT2D eigenvalue weighted by atomic mass is 9.92. The minimum absolute atomic E-state index is 0.686. The van der Waals surface area contributed by atoms with Crippen molar-refractivity contribution < 1.29 is 0 Å². The van der Waals surface area contributed by atoms with Gasteiger partial charge in [0.2, 0.25) is 0 Å². The average molecular weight is 196 g/mol. The topological polar surface area (TPSA) is 0 Å². The summed E-state index contributed by atoms with van der Waals surface area (Å²) < 4.78 is 0. The van der Waals surface area contributed by atoms with E-state index in [9.17, 15) is 0 Å². The maximum absolute atomic E-state index is 2.30. The molecule has 0 aromatic rings. The summed E-state index contributed by atoms with van der Waals surface area (Å²) in [6.07, 6.45) is 3.57. The predicted molar refractivity (Wildman–Crippen MR) is 62.9 cm³/mol. The summed E-state index contributed by atoms with van der Waals surface area (Å²) in [4.78, 5) is 0. The van der Waals surface area contributed by atoms with Crippen molar-refractivity contribution in [3.05, 3.63) is 22.6 Å². The summed E-state index contributed by atoms with van der Waals surface area (Å²) in [5.41, 5.74) is 3.24. The molecule has 13 heavy (non-hydrogen) atoms. The summed E-state index contributed by atoms with van der Waals surface area (Å²) in [7, 11) is 0. The van der Waals surface area contributed by atoms with E-state index in [0.29, 0.717) is 5.92 Å². The third kappa shape index (κ3) is 3.22. The van der Waals surface area contributed by atoms with Gasteiger partial charge in [0, 0.05) is 5.75 Å². The van der Waals surface area contributed by atoms with Crippen molar-refractivity contribution in [3.63, 3.8) is 0 Å². The van der Waals surface area contributed by atoms with Crippen LogP contribution in [0, 0.1) is 11.8 Å². The van der Waals surface area contributed by atoms with Gasteiger partial charge in [-0.25, -0.2) is 0 Å². The van der Waals surface area contributed by atoms with E-state index < -0.39 is 0 Å². The molecule has 1 heteroatoms. The van der Waals surface area contributed by atoms with Crippen LogP contribution in [0.2, 0.25) is 0 Å². The van der Waals surface area contributed by atoms with Crippen LogP contribution in [0.5, 0.6) is 0 Å². The maximum atomic E-state index is 2.30. The van der Waals surface area contributed by atoms with Crippen molar-refractivity contribution in [1.82, 2.24) is 0 Å². The Bertz CT molecular complexity index is 221. The van der Waals surface area contributed by atoms with E-state index in [0.717, 1.165) is 5.92 Å². The molecule has 1 aliphatic rings. The zero-order valence-corrected chi connectivity index (χ0v) is 9.95. The van der Waals surface area contributed by atoms with Crippen LogP contribution in [0.4, 0.5) is 0 Å². The molecule has 0 saturated carbocycles. The molecule has 0 bridgehead atoms. The summed E-state index contributed by atoms with van der Waals surface area (Å²) >= 11 is 1.93. The van der Waals surface area contributed by atoms with Crippen molar-refractivity contribution in [3.8, 4) is 0 Å². The third-order valence-corrected chi connectivity index (χ3v) is 3.13. The molecule has 0 aromatic heterocycles. The van der Waals surface area contributed by atoms with E-state index in [2.05, 4.69) is 39.2 Å². The molecule has 0 aliphatic carbocycles. The van der Waals surface area contributed by atoms with Gasteiger partial charge in [-0.15, -0.1) is 11.8 Å². The quantitative estimate of drug-likeness (QED) is 0.650. The van der Waals surface area contributed by atoms with Crippen LogP contribution < -0.4 is 0 Å². The predicted octanol–water partition coefficient (Wildman–Crippen LogP) is 4.25. The first kappa shape index (κ1) is 10.9. The Morgan fingerprint density at radius 1 is 1.31 bits per heavy atom. The Morgan fingerprint density at radius 2 is 2.00 bits per heavy atom. The highest BCUT2D eigenvalue weighted by atomic mass is 32.2. The van der Waals surface area contributed by atoms with Crippen LogP contribution >= 0.6 is 11.8 Å². The third-order valence-electron chi connectivity index (χ3n) is 2.29. The van der Waals surface area contributed by atoms with E-state index in [1.807, 2.05) is 11.8 Å². The van der Waals surface area contributed by atoms with Crippen molar-refractivity contribution in [1.29, 1.82) is 0 Å². The minimum Gasteiger partial charge on any atom is -0.130 e. The molecule has 0 fully saturated rings. The fraction of sp³-hybridized carbons (Fsp3) is 0.667. The lowest BCUT2D eigenvalue weighted by Crippen LogP contribution is -2.05. The lowest BCUT2D eigenvalue weighted by molar-refractivity contribution is 0.630. The second kappa shape index (κ2) is 4.90. The van der Waals surface area contributed by atoms with Gasteiger partial charge in [-0.1, -0.05) is 39.3 Å². The van der Waals surface area contributed by atoms with Crippen LogP contribution in [0.25, 0.3) is 0 Å². The Balaban J connectivity index is 2.78. The molecule has 0 nitrogen and oxygen atoms in total. The Kier molecular flexibility index (Phi) is 4.11. The standard InChI is InChI=1S/C12H20S/c1-9(2)7-11-8-13-6-5-12(11)10(3)4/h5-6,9-10H,7-8H2,1-4H3. The zero-order chi connectivity index (χ0) is 9.84. The van der Waals surface area contributed by atoms with E-state index in [1.54, 1.807) is 11.1 Å². The summed E-state index contributed by atoms with van der Waals surface area (Å²) in [6, 6.07) is 0. The van der Waals surface area contributed by atoms with Gasteiger partial charge in [-0.05, 0) is 29.2 Å². The van der Waals surface area contributed by atoms with Crippen LogP contribution in [0.3, 0.4) is 0 Å². The first-order valence-electron chi connectivity index (χ1n) is 5.11. The number of hydrogen-bond donors (Lipinski definition) is 0. The number of thioether (sulfide) groups is 1. The summed E-state index contributed by atoms with van der Waals surface area (Å²) in [5, 5.41) is 2.24. The number of hydrogen-bond acceptors (Lipinski definition) is 1. The zero-order valence-electron chi connectivity index (χ0n) is 9.13. The molecular weight excluding hydrogens is 176 g/mol. The normalized spacial score (nSPS) is 17.7. The fourth-order valence-electron chi connectivity index (χ4n) is 1.74. The van der Waals surface area contributed by atoms with Crippen LogP contribution in [0.1, 0.15) is 34.1 Å². The van der Waals surface area contributed by atoms with Crippen molar-refractivity contribution in [2.24, 2.45) is 11.8 Å². The molecule has 0 spiro atoms. The van der Waals surface area contributed by atoms with Gasteiger partial charge in [-0.3, -0.25) is 0 Å². The molecule has 74 valence electrons. The summed E-state index contributed by atoms with van der Waals surface area (Å²) in [5.74, 6) is 2.68. The molecular formula is C12H20S. The Hall–Kier alpha value is -0.170. The van der Waals surface area contributed by atoms with Crippen LogP contribution in [0.15, 0.2) is 22.6 Å². The van der Waals surface area contributed by atoms with Crippen LogP contribution in [-0.4, -0.2) is 5.75 Å². The van der Waals surface area contributed by atoms with Gasteiger partial charge in [-0.2, -0.15) is 0 Å². The van der Waals surface area contributed by atoms with Gasteiger partial charge >= 0.3 is 0 Å². The average Bonchev–Trinajstić information content (AvgIpc) is 2.03. The molecule has 1 heterocycles. The number of allylic oxidation sites excluding steroid dienone is 2. The van der Waals surface area contributed by atoms with E-state index >= 15 is 0 Å². The summed E-state index contributed by atoms with van der Waals surface area (Å²) in [6.45, 7) is 9.17. The van der Waals surface area contributed by atoms with Gasteiger partial charge in [0.15, 0.2) is 0 Å². The highest BCUT2D eigenvalue weighted by Gasteiger charge is 2.12. The van der Waals surface area contributed by atoms with Crippen LogP contribution in [-0.2, 0) is 0 Å². The molecule has 0 radical (unpaired) electrons. The SMILES string of the molecule is CC(C)CC1=C(C(C)C)C=CSC1. The molecule has 0 unspecified atom stereocenters. The van der Waals surface area contributed by atoms with Crippen molar-refractivity contribution in [2.75, 3.05) is 5.75 Å². The molecule has 0 N–H and O–H groups in total. The maximum Gasteiger partial charge on any atom is 0.0190 e. The second-order valence-electron chi connectivity index (χ2n) is 4.43. The highest BCUT2D eigenvalue weighted by Crippen LogP contribution is 2.29. The van der Waals surface area contributed by atoms with Gasteiger partial charge in [0.1, 0.15) is 0 Å². The number of rotatable bonds is 3. The molecule has 0 aromatic carbocycles. The first-order chi connectivity index (χ1) is 6.11. The monoisotopic (exact) mass is 196 g/mol. The molecule has 0 amide bonds. The molecule has 1 aliphatic heterocycles. The van der Waals surface area contributed by atoms with Crippen molar-refractivity contribution in [2.45, 2.75) is 34.1 Å². The largest absolute Gasteiger partial charge is 0.130 e. The van der Waals surface area contributed by atoms with E-state index in [4.69, 9.17) is 0 Å². The molecule has 0 saturated heterocycles. The minimum atomic E-state index is 0.686. The van der Waals surface area contributed by atoms with Crippen molar-refractivity contribution >= 4 is 11.8 Å². The first-order valence-corrected chi connectivity index (χ1v) is 6.16. The van der Waals surface area contributed by atoms with Gasteiger partial charge in [0.05, 0.1) is 0 Å². The van der Waals surface area contributed by atoms with E-state index in [-0.39, 0.29) is 0 Å². The van der Waals surface area contributed by atoms with Gasteiger partial charge < -0.3 is 0 Å². The van der Waals surface area contributed by atoms with Gasteiger partial charge in [0.25, 0.3) is 0 Å². The fourth-order valence-corrected chi connectivity index (χ4v) is 2.57. The van der Waals surface area contributed by atoms with E-state index in [1.165, 1.54) is 12.2 Å². The Labute approximate surface area is 86.5 Å². The lowest BCUT2D eigenvalue weighted by Gasteiger charge is -2.19. The molecule has 0 atom stereocenters. The molecule has 1 rings (SSSR count). The second-order valence-corrected chi connectivity index (χ2v) is 5.32.